The van der Waals surface area contributed by atoms with Crippen LogP contribution in [0.25, 0.3) is 0 Å². The lowest BCUT2D eigenvalue weighted by molar-refractivity contribution is 0.0374. The molecule has 100 valence electrons. The minimum absolute atomic E-state index is 0.0682. The van der Waals surface area contributed by atoms with E-state index in [1.54, 1.807) is 0 Å². The molecule has 0 aliphatic carbocycles. The topological polar surface area (TPSA) is 54.5 Å². The summed E-state index contributed by atoms with van der Waals surface area (Å²) in [6, 6.07) is 1.82. The maximum Gasteiger partial charge on any atom is 0.270 e. The van der Waals surface area contributed by atoms with Gasteiger partial charge < -0.3 is 10.1 Å². The van der Waals surface area contributed by atoms with Gasteiger partial charge in [0, 0.05) is 24.5 Å². The third kappa shape index (κ3) is 4.04. The van der Waals surface area contributed by atoms with Gasteiger partial charge in [0.25, 0.3) is 5.91 Å². The summed E-state index contributed by atoms with van der Waals surface area (Å²) < 4.78 is 9.37. The van der Waals surface area contributed by atoms with E-state index < -0.39 is 0 Å². The molecule has 2 rings (SSSR count). The number of carbonyl (C=O) groups excluding carboxylic acids is 1. The van der Waals surface area contributed by atoms with E-state index in [0.717, 1.165) is 44.1 Å². The molecular weight excluding hydrogens is 250 g/mol. The maximum absolute atomic E-state index is 11.7. The van der Waals surface area contributed by atoms with Gasteiger partial charge >= 0.3 is 0 Å². The SMILES string of the molecule is Cc1cc(C(=O)NCCCN2CCOCC2)ns1. The lowest BCUT2D eigenvalue weighted by Gasteiger charge is -2.26. The quantitative estimate of drug-likeness (QED) is 0.807. The maximum atomic E-state index is 11.7. The van der Waals surface area contributed by atoms with Crippen LogP contribution in [0.2, 0.25) is 0 Å². The zero-order valence-corrected chi connectivity index (χ0v) is 11.5. The molecule has 1 fully saturated rings. The highest BCUT2D eigenvalue weighted by molar-refractivity contribution is 7.05. The lowest BCUT2D eigenvalue weighted by Crippen LogP contribution is -2.38. The van der Waals surface area contributed by atoms with E-state index in [-0.39, 0.29) is 5.91 Å². The van der Waals surface area contributed by atoms with Crippen molar-refractivity contribution in [3.63, 3.8) is 0 Å². The Morgan fingerprint density at radius 2 is 2.33 bits per heavy atom. The van der Waals surface area contributed by atoms with Crippen molar-refractivity contribution >= 4 is 17.4 Å². The molecule has 0 radical (unpaired) electrons. The van der Waals surface area contributed by atoms with Gasteiger partial charge in [0.15, 0.2) is 0 Å². The zero-order valence-electron chi connectivity index (χ0n) is 10.6. The van der Waals surface area contributed by atoms with Crippen LogP contribution in [0.3, 0.4) is 0 Å². The van der Waals surface area contributed by atoms with E-state index in [2.05, 4.69) is 14.6 Å². The molecule has 0 saturated carbocycles. The van der Waals surface area contributed by atoms with Crippen molar-refractivity contribution in [2.75, 3.05) is 39.4 Å². The number of hydrogen-bond acceptors (Lipinski definition) is 5. The number of morpholine rings is 1. The van der Waals surface area contributed by atoms with Gasteiger partial charge in [-0.1, -0.05) is 0 Å². The number of carbonyl (C=O) groups is 1. The number of nitrogens with zero attached hydrogens (tertiary/aromatic N) is 2. The Hall–Kier alpha value is -0.980. The molecule has 1 aromatic rings. The van der Waals surface area contributed by atoms with Crippen molar-refractivity contribution in [1.29, 1.82) is 0 Å². The summed E-state index contributed by atoms with van der Waals surface area (Å²) >= 11 is 1.36. The molecule has 1 saturated heterocycles. The zero-order chi connectivity index (χ0) is 12.8. The Morgan fingerprint density at radius 1 is 1.56 bits per heavy atom. The van der Waals surface area contributed by atoms with Crippen LogP contribution in [-0.2, 0) is 4.74 Å². The standard InChI is InChI=1S/C12H19N3O2S/c1-10-9-11(14-18-10)12(16)13-3-2-4-15-5-7-17-8-6-15/h9H,2-8H2,1H3,(H,13,16). The number of nitrogens with one attached hydrogen (secondary N) is 1. The second-order valence-corrected chi connectivity index (χ2v) is 5.40. The van der Waals surface area contributed by atoms with Crippen molar-refractivity contribution in [2.45, 2.75) is 13.3 Å². The average Bonchev–Trinajstić information content (AvgIpc) is 2.82. The Balaban J connectivity index is 1.61. The first-order valence-corrected chi connectivity index (χ1v) is 7.04. The fourth-order valence-corrected chi connectivity index (χ4v) is 2.44. The van der Waals surface area contributed by atoms with Crippen LogP contribution in [0, 0.1) is 6.92 Å². The Kier molecular flexibility index (Phi) is 5.10. The molecule has 0 bridgehead atoms. The molecule has 1 aliphatic rings. The first kappa shape index (κ1) is 13.5. The third-order valence-corrected chi connectivity index (χ3v) is 3.59. The number of hydrogen-bond donors (Lipinski definition) is 1. The average molecular weight is 269 g/mol. The molecule has 6 heteroatoms. The number of amides is 1. The molecule has 0 spiro atoms. The van der Waals surface area contributed by atoms with Gasteiger partial charge in [-0.15, -0.1) is 0 Å². The predicted molar refractivity (Wildman–Crippen MR) is 71.1 cm³/mol. The van der Waals surface area contributed by atoms with Crippen LogP contribution < -0.4 is 5.32 Å². The van der Waals surface area contributed by atoms with Crippen LogP contribution >= 0.6 is 11.5 Å². The summed E-state index contributed by atoms with van der Waals surface area (Å²) in [6.45, 7) is 7.31. The highest BCUT2D eigenvalue weighted by Gasteiger charge is 2.11. The highest BCUT2D eigenvalue weighted by atomic mass is 32.1. The van der Waals surface area contributed by atoms with Crippen molar-refractivity contribution in [3.8, 4) is 0 Å². The van der Waals surface area contributed by atoms with Gasteiger partial charge in [0.05, 0.1) is 13.2 Å². The van der Waals surface area contributed by atoms with E-state index in [1.807, 2.05) is 13.0 Å². The molecule has 0 aromatic carbocycles. The molecule has 18 heavy (non-hydrogen) atoms. The molecule has 1 aliphatic heterocycles. The van der Waals surface area contributed by atoms with Crippen molar-refractivity contribution in [2.24, 2.45) is 0 Å². The molecule has 1 amide bonds. The van der Waals surface area contributed by atoms with E-state index in [4.69, 9.17) is 4.74 Å². The Bertz CT molecular complexity index is 388. The highest BCUT2D eigenvalue weighted by Crippen LogP contribution is 2.07. The largest absolute Gasteiger partial charge is 0.379 e. The summed E-state index contributed by atoms with van der Waals surface area (Å²) in [7, 11) is 0. The van der Waals surface area contributed by atoms with Crippen molar-refractivity contribution < 1.29 is 9.53 Å². The summed E-state index contributed by atoms with van der Waals surface area (Å²) in [5.41, 5.74) is 0.531. The minimum Gasteiger partial charge on any atom is -0.379 e. The van der Waals surface area contributed by atoms with E-state index in [9.17, 15) is 4.79 Å². The smallest absolute Gasteiger partial charge is 0.270 e. The monoisotopic (exact) mass is 269 g/mol. The summed E-state index contributed by atoms with van der Waals surface area (Å²) in [5, 5.41) is 2.90. The molecule has 0 atom stereocenters. The third-order valence-electron chi connectivity index (χ3n) is 2.90. The van der Waals surface area contributed by atoms with Gasteiger partial charge in [0.2, 0.25) is 0 Å². The second-order valence-electron chi connectivity index (χ2n) is 4.39. The van der Waals surface area contributed by atoms with Gasteiger partial charge in [-0.05, 0) is 37.5 Å². The summed E-state index contributed by atoms with van der Waals surface area (Å²) in [4.78, 5) is 15.1. The van der Waals surface area contributed by atoms with E-state index in [0.29, 0.717) is 12.2 Å². The molecule has 0 unspecified atom stereocenters. The van der Waals surface area contributed by atoms with Crippen LogP contribution in [0.1, 0.15) is 21.8 Å². The lowest BCUT2D eigenvalue weighted by atomic mass is 10.3. The number of aryl methyl sites for hydroxylation is 1. The summed E-state index contributed by atoms with van der Waals surface area (Å²) in [5.74, 6) is -0.0682. The molecule has 1 aromatic heterocycles. The number of aromatic nitrogens is 1. The summed E-state index contributed by atoms with van der Waals surface area (Å²) in [6.07, 6.45) is 0.967. The van der Waals surface area contributed by atoms with E-state index >= 15 is 0 Å². The molecule has 5 nitrogen and oxygen atoms in total. The number of ether oxygens (including phenoxy) is 1. The minimum atomic E-state index is -0.0682. The second kappa shape index (κ2) is 6.82. The number of rotatable bonds is 5. The van der Waals surface area contributed by atoms with Gasteiger partial charge in [-0.2, -0.15) is 4.37 Å². The normalized spacial score (nSPS) is 16.7. The Labute approximate surface area is 111 Å². The fraction of sp³-hybridized carbons (Fsp3) is 0.667. The first-order valence-electron chi connectivity index (χ1n) is 6.27. The Morgan fingerprint density at radius 3 is 3.00 bits per heavy atom. The van der Waals surface area contributed by atoms with Crippen LogP contribution in [0.15, 0.2) is 6.07 Å². The van der Waals surface area contributed by atoms with Crippen LogP contribution in [0.5, 0.6) is 0 Å². The van der Waals surface area contributed by atoms with Gasteiger partial charge in [-0.25, -0.2) is 0 Å². The first-order chi connectivity index (χ1) is 8.75. The molecule has 1 N–H and O–H groups in total. The van der Waals surface area contributed by atoms with Crippen LogP contribution in [-0.4, -0.2) is 54.6 Å². The van der Waals surface area contributed by atoms with Gasteiger partial charge in [-0.3, -0.25) is 9.69 Å². The van der Waals surface area contributed by atoms with Crippen LogP contribution in [0.4, 0.5) is 0 Å². The molecular formula is C12H19N3O2S. The van der Waals surface area contributed by atoms with E-state index in [1.165, 1.54) is 11.5 Å². The molecule has 2 heterocycles. The van der Waals surface area contributed by atoms with Crippen molar-refractivity contribution in [3.05, 3.63) is 16.6 Å². The fourth-order valence-electron chi connectivity index (χ4n) is 1.89. The predicted octanol–water partition coefficient (Wildman–Crippen LogP) is 0.904. The van der Waals surface area contributed by atoms with Crippen molar-refractivity contribution in [1.82, 2.24) is 14.6 Å². The van der Waals surface area contributed by atoms with Gasteiger partial charge in [0.1, 0.15) is 5.69 Å².